The van der Waals surface area contributed by atoms with Crippen LogP contribution in [0.15, 0.2) is 103 Å². The van der Waals surface area contributed by atoms with Crippen molar-refractivity contribution in [2.24, 2.45) is 0 Å². The summed E-state index contributed by atoms with van der Waals surface area (Å²) in [4.78, 5) is 13.4. The molecule has 0 saturated heterocycles. The first-order chi connectivity index (χ1) is 17.7. The van der Waals surface area contributed by atoms with Crippen molar-refractivity contribution >= 4 is 10.9 Å². The van der Waals surface area contributed by atoms with E-state index in [9.17, 15) is 0 Å². The summed E-state index contributed by atoms with van der Waals surface area (Å²) in [6.07, 6.45) is 3.63. The summed E-state index contributed by atoms with van der Waals surface area (Å²) in [5.74, 6) is 0. The van der Waals surface area contributed by atoms with Gasteiger partial charge in [-0.1, -0.05) is 46.8 Å². The second kappa shape index (κ2) is 10.6. The Morgan fingerprint density at radius 3 is 1.84 bits per heavy atom. The molecular formula is C33H23IrN3-2. The van der Waals surface area contributed by atoms with Crippen LogP contribution in [0.1, 0.15) is 11.1 Å². The van der Waals surface area contributed by atoms with E-state index in [1.165, 1.54) is 38.8 Å². The first-order valence-corrected chi connectivity index (χ1v) is 12.0. The summed E-state index contributed by atoms with van der Waals surface area (Å²) in [5, 5.41) is 1.21. The number of hydrogen-bond acceptors (Lipinski definition) is 3. The van der Waals surface area contributed by atoms with Crippen molar-refractivity contribution < 1.29 is 20.1 Å². The van der Waals surface area contributed by atoms with Gasteiger partial charge < -0.3 is 4.98 Å². The molecule has 4 heteroatoms. The average molecular weight is 654 g/mol. The van der Waals surface area contributed by atoms with E-state index in [0.29, 0.717) is 0 Å². The van der Waals surface area contributed by atoms with E-state index in [-0.39, 0.29) is 20.1 Å². The second-order valence-electron chi connectivity index (χ2n) is 8.93. The zero-order valence-corrected chi connectivity index (χ0v) is 22.9. The summed E-state index contributed by atoms with van der Waals surface area (Å²) in [6.45, 7) is 4.11. The smallest absolute Gasteiger partial charge is 0.0888 e. The topological polar surface area (TPSA) is 38.7 Å². The van der Waals surface area contributed by atoms with Gasteiger partial charge in [-0.05, 0) is 66.1 Å². The summed E-state index contributed by atoms with van der Waals surface area (Å²) in [7, 11) is 0. The number of benzene rings is 3. The number of rotatable bonds is 2. The Morgan fingerprint density at radius 2 is 1.22 bits per heavy atom. The molecule has 0 bridgehead atoms. The molecule has 0 unspecified atom stereocenters. The van der Waals surface area contributed by atoms with Gasteiger partial charge in [-0.3, -0.25) is 9.97 Å². The van der Waals surface area contributed by atoms with Gasteiger partial charge in [-0.2, -0.15) is 18.2 Å². The third kappa shape index (κ3) is 4.86. The molecule has 3 aromatic carbocycles. The largest absolute Gasteiger partial charge is 0.323 e. The van der Waals surface area contributed by atoms with Gasteiger partial charge in [0.15, 0.2) is 0 Å². The molecule has 0 spiro atoms. The molecule has 0 saturated carbocycles. The minimum absolute atomic E-state index is 0. The van der Waals surface area contributed by atoms with Gasteiger partial charge in [0, 0.05) is 32.5 Å². The molecular weight excluding hydrogens is 631 g/mol. The Labute approximate surface area is 230 Å². The molecule has 1 aliphatic rings. The SMILES string of the molecule is Cc1ccnc(-c2cc(C)ccn2)c1.[Ir].[c-]1ccccc1-c1cc2c3c(cc[c-]c3n1)-c1ccccc1-2. The Balaban J connectivity index is 0.000000163. The van der Waals surface area contributed by atoms with Crippen LogP contribution in [0.3, 0.4) is 0 Å². The molecule has 181 valence electrons. The number of fused-ring (bicyclic) bond motifs is 3. The Hall–Kier alpha value is -3.98. The third-order valence-corrected chi connectivity index (χ3v) is 6.34. The van der Waals surface area contributed by atoms with E-state index >= 15 is 0 Å². The molecule has 1 radical (unpaired) electrons. The van der Waals surface area contributed by atoms with Crippen molar-refractivity contribution in [2.45, 2.75) is 13.8 Å². The minimum atomic E-state index is 0. The van der Waals surface area contributed by atoms with Crippen LogP contribution in [0.2, 0.25) is 0 Å². The number of nitrogens with zero attached hydrogens (tertiary/aromatic N) is 3. The summed E-state index contributed by atoms with van der Waals surface area (Å²) in [6, 6.07) is 37.4. The molecule has 0 aliphatic heterocycles. The number of pyridine rings is 3. The zero-order valence-electron chi connectivity index (χ0n) is 20.5. The van der Waals surface area contributed by atoms with E-state index in [0.717, 1.165) is 28.2 Å². The quantitative estimate of drug-likeness (QED) is 0.178. The fraction of sp³-hybridized carbons (Fsp3) is 0.0606. The van der Waals surface area contributed by atoms with Crippen LogP contribution < -0.4 is 0 Å². The molecule has 3 heterocycles. The van der Waals surface area contributed by atoms with Gasteiger partial charge >= 0.3 is 0 Å². The molecule has 0 amide bonds. The van der Waals surface area contributed by atoms with Crippen molar-refractivity contribution in [1.29, 1.82) is 0 Å². The number of hydrogen-bond donors (Lipinski definition) is 0. The van der Waals surface area contributed by atoms with Gasteiger partial charge in [0.05, 0.1) is 11.4 Å². The zero-order chi connectivity index (χ0) is 24.5. The third-order valence-electron chi connectivity index (χ3n) is 6.34. The number of aromatic nitrogens is 3. The minimum Gasteiger partial charge on any atom is -0.323 e. The van der Waals surface area contributed by atoms with E-state index in [4.69, 9.17) is 4.98 Å². The fourth-order valence-corrected chi connectivity index (χ4v) is 4.64. The molecule has 37 heavy (non-hydrogen) atoms. The predicted octanol–water partition coefficient (Wildman–Crippen LogP) is 7.91. The van der Waals surface area contributed by atoms with Gasteiger partial charge in [0.2, 0.25) is 0 Å². The molecule has 0 N–H and O–H groups in total. The van der Waals surface area contributed by atoms with Crippen molar-refractivity contribution in [3.63, 3.8) is 0 Å². The van der Waals surface area contributed by atoms with Crippen molar-refractivity contribution in [2.75, 3.05) is 0 Å². The molecule has 6 aromatic rings. The average Bonchev–Trinajstić information content (AvgIpc) is 3.25. The van der Waals surface area contributed by atoms with Crippen LogP contribution >= 0.6 is 0 Å². The van der Waals surface area contributed by atoms with Gasteiger partial charge in [-0.15, -0.1) is 41.5 Å². The van der Waals surface area contributed by atoms with Crippen LogP contribution in [-0.2, 0) is 20.1 Å². The van der Waals surface area contributed by atoms with Gasteiger partial charge in [-0.25, -0.2) is 0 Å². The molecule has 0 atom stereocenters. The standard InChI is InChI=1S/C21H11N.C12H12N2.Ir/c1-2-7-14(8-3-1)20-13-18-16-10-5-4-9-15(16)17-11-6-12-19(22-20)21(17)18;1-9-3-5-13-11(7-9)12-8-10(2)4-6-14-12;/h1-7,9-11,13H;3-8H,1-2H3;/q-2;;. The van der Waals surface area contributed by atoms with Crippen LogP contribution in [-0.4, -0.2) is 15.0 Å². The molecule has 3 nitrogen and oxygen atoms in total. The molecule has 7 rings (SSSR count). The summed E-state index contributed by atoms with van der Waals surface area (Å²) < 4.78 is 0. The van der Waals surface area contributed by atoms with Gasteiger partial charge in [0.25, 0.3) is 0 Å². The normalized spacial score (nSPS) is 10.8. The maximum atomic E-state index is 4.80. The van der Waals surface area contributed by atoms with E-state index in [1.807, 2.05) is 67.0 Å². The number of aryl methyl sites for hydroxylation is 2. The summed E-state index contributed by atoms with van der Waals surface area (Å²) >= 11 is 0. The molecule has 1 aliphatic carbocycles. The molecule has 3 aromatic heterocycles. The van der Waals surface area contributed by atoms with Crippen LogP contribution in [0.25, 0.3) is 55.8 Å². The molecule has 0 fully saturated rings. The van der Waals surface area contributed by atoms with E-state index in [2.05, 4.69) is 72.3 Å². The summed E-state index contributed by atoms with van der Waals surface area (Å²) in [5.41, 5.74) is 12.3. The van der Waals surface area contributed by atoms with Crippen molar-refractivity contribution in [1.82, 2.24) is 15.0 Å². The van der Waals surface area contributed by atoms with Gasteiger partial charge in [0.1, 0.15) is 0 Å². The Bertz CT molecular complexity index is 1670. The van der Waals surface area contributed by atoms with Crippen molar-refractivity contribution in [3.8, 4) is 44.9 Å². The maximum absolute atomic E-state index is 4.80. The van der Waals surface area contributed by atoms with Crippen LogP contribution in [0, 0.1) is 26.0 Å². The second-order valence-corrected chi connectivity index (χ2v) is 8.93. The van der Waals surface area contributed by atoms with E-state index < -0.39 is 0 Å². The van der Waals surface area contributed by atoms with Crippen LogP contribution in [0.5, 0.6) is 0 Å². The predicted molar refractivity (Wildman–Crippen MR) is 146 cm³/mol. The maximum Gasteiger partial charge on any atom is 0.0888 e. The first-order valence-electron chi connectivity index (χ1n) is 12.0. The monoisotopic (exact) mass is 654 g/mol. The first kappa shape index (κ1) is 24.7. The van der Waals surface area contributed by atoms with Crippen LogP contribution in [0.4, 0.5) is 0 Å². The Kier molecular flexibility index (Phi) is 7.05. The Morgan fingerprint density at radius 1 is 0.568 bits per heavy atom. The fourth-order valence-electron chi connectivity index (χ4n) is 4.64. The van der Waals surface area contributed by atoms with Crippen molar-refractivity contribution in [3.05, 3.63) is 127 Å². The van der Waals surface area contributed by atoms with E-state index in [1.54, 1.807) is 0 Å².